The Morgan fingerprint density at radius 3 is 2.00 bits per heavy atom. The van der Waals surface area contributed by atoms with E-state index in [0.717, 1.165) is 52.7 Å². The minimum absolute atomic E-state index is 0.201. The number of aliphatic carboxylic acids is 2. The number of carboxylic acids is 2. The van der Waals surface area contributed by atoms with Gasteiger partial charge in [-0.2, -0.15) is 0 Å². The summed E-state index contributed by atoms with van der Waals surface area (Å²) in [4.78, 5) is 24.6. The molecule has 1 aliphatic heterocycles. The van der Waals surface area contributed by atoms with Gasteiger partial charge in [-0.25, -0.2) is 9.59 Å². The average molecular weight is 381 g/mol. The van der Waals surface area contributed by atoms with Crippen LogP contribution < -0.4 is 5.32 Å². The predicted molar refractivity (Wildman–Crippen MR) is 102 cm³/mol. The largest absolute Gasteiger partial charge is 0.478 e. The van der Waals surface area contributed by atoms with E-state index in [1.165, 1.54) is 11.3 Å². The van der Waals surface area contributed by atoms with Crippen molar-refractivity contribution in [2.24, 2.45) is 11.8 Å². The molecule has 6 heteroatoms. The molecule has 0 radical (unpaired) electrons. The Labute approximate surface area is 160 Å². The number of nitrogens with one attached hydrogen (secondary N) is 1. The van der Waals surface area contributed by atoms with Crippen LogP contribution in [0.1, 0.15) is 37.2 Å². The highest BCUT2D eigenvalue weighted by Crippen LogP contribution is 2.51. The molecule has 2 aliphatic carbocycles. The first-order chi connectivity index (χ1) is 13.1. The lowest BCUT2D eigenvalue weighted by Gasteiger charge is -2.31. The van der Waals surface area contributed by atoms with Gasteiger partial charge in [0.15, 0.2) is 0 Å². The van der Waals surface area contributed by atoms with Gasteiger partial charge in [0.2, 0.25) is 0 Å². The minimum Gasteiger partial charge on any atom is -0.478 e. The molecule has 0 unspecified atom stereocenters. The molecule has 2 fully saturated rings. The van der Waals surface area contributed by atoms with Crippen LogP contribution in [0.5, 0.6) is 0 Å². The second kappa shape index (κ2) is 5.96. The highest BCUT2D eigenvalue weighted by Gasteiger charge is 2.46. The van der Waals surface area contributed by atoms with Gasteiger partial charge in [0.25, 0.3) is 0 Å². The van der Waals surface area contributed by atoms with Crippen LogP contribution in [0.4, 0.5) is 0 Å². The van der Waals surface area contributed by atoms with Crippen LogP contribution in [-0.4, -0.2) is 22.2 Å². The van der Waals surface area contributed by atoms with Gasteiger partial charge >= 0.3 is 11.9 Å². The van der Waals surface area contributed by atoms with Crippen LogP contribution in [0.3, 0.4) is 0 Å². The molecule has 1 aromatic carbocycles. The molecule has 0 amide bonds. The van der Waals surface area contributed by atoms with E-state index in [0.29, 0.717) is 0 Å². The summed E-state index contributed by atoms with van der Waals surface area (Å²) in [5.41, 5.74) is 2.68. The molecular weight excluding hydrogens is 362 g/mol. The summed E-state index contributed by atoms with van der Waals surface area (Å²) < 4.78 is 1.04. The fourth-order valence-electron chi connectivity index (χ4n) is 4.13. The van der Waals surface area contributed by atoms with Gasteiger partial charge < -0.3 is 15.5 Å². The number of fused-ring (bicyclic) bond motifs is 1. The van der Waals surface area contributed by atoms with Crippen LogP contribution in [-0.2, 0) is 9.59 Å². The van der Waals surface area contributed by atoms with Crippen LogP contribution in [0, 0.1) is 11.8 Å². The van der Waals surface area contributed by atoms with E-state index in [2.05, 4.69) is 5.32 Å². The zero-order valence-corrected chi connectivity index (χ0v) is 15.4. The van der Waals surface area contributed by atoms with Crippen LogP contribution in [0.2, 0.25) is 0 Å². The maximum absolute atomic E-state index is 12.3. The van der Waals surface area contributed by atoms with E-state index in [9.17, 15) is 19.8 Å². The summed E-state index contributed by atoms with van der Waals surface area (Å²) in [6, 6.07) is 7.80. The first-order valence-electron chi connectivity index (χ1n) is 9.24. The van der Waals surface area contributed by atoms with E-state index in [4.69, 9.17) is 0 Å². The Hall–Kier alpha value is -2.60. The molecule has 3 N–H and O–H groups in total. The summed E-state index contributed by atoms with van der Waals surface area (Å²) in [6.07, 6.45) is 3.82. The maximum atomic E-state index is 12.3. The lowest BCUT2D eigenvalue weighted by Crippen LogP contribution is -2.34. The molecule has 27 heavy (non-hydrogen) atoms. The van der Waals surface area contributed by atoms with Crippen molar-refractivity contribution in [3.05, 3.63) is 57.7 Å². The summed E-state index contributed by atoms with van der Waals surface area (Å²) in [5.74, 6) is -2.39. The lowest BCUT2D eigenvalue weighted by molar-refractivity contribution is -0.133. The second-order valence-corrected chi connectivity index (χ2v) is 8.47. The van der Waals surface area contributed by atoms with Crippen molar-refractivity contribution in [1.82, 2.24) is 5.32 Å². The number of thiophene rings is 1. The highest BCUT2D eigenvalue weighted by molar-refractivity contribution is 7.17. The third-order valence-corrected chi connectivity index (χ3v) is 6.66. The molecule has 0 bridgehead atoms. The normalized spacial score (nSPS) is 20.9. The Morgan fingerprint density at radius 2 is 1.48 bits per heavy atom. The van der Waals surface area contributed by atoms with Gasteiger partial charge in [0.05, 0.1) is 17.1 Å². The van der Waals surface area contributed by atoms with Gasteiger partial charge in [0, 0.05) is 16.1 Å². The van der Waals surface area contributed by atoms with Crippen LogP contribution in [0.15, 0.2) is 52.2 Å². The summed E-state index contributed by atoms with van der Waals surface area (Å²) in [6.45, 7) is 0. The SMILES string of the molecule is O=C(O)C1=C(C2CC2)NC(C2CC2)=C(C(=O)O)C1c1csc2ccccc12. The number of carbonyl (C=O) groups is 2. The van der Waals surface area contributed by atoms with E-state index in [1.54, 1.807) is 0 Å². The predicted octanol–water partition coefficient (Wildman–Crippen LogP) is 4.09. The molecule has 2 heterocycles. The molecule has 2 saturated carbocycles. The first kappa shape index (κ1) is 16.6. The number of hydrogen-bond donors (Lipinski definition) is 3. The molecule has 5 nitrogen and oxygen atoms in total. The molecule has 138 valence electrons. The molecule has 0 atom stereocenters. The number of hydrogen-bond acceptors (Lipinski definition) is 4. The van der Waals surface area contributed by atoms with E-state index < -0.39 is 17.9 Å². The van der Waals surface area contributed by atoms with Crippen molar-refractivity contribution in [1.29, 1.82) is 0 Å². The van der Waals surface area contributed by atoms with Gasteiger partial charge in [-0.05, 0) is 59.9 Å². The number of carboxylic acid groups (broad SMARTS) is 2. The number of allylic oxidation sites excluding steroid dienone is 2. The van der Waals surface area contributed by atoms with Crippen molar-refractivity contribution >= 4 is 33.4 Å². The lowest BCUT2D eigenvalue weighted by atomic mass is 9.78. The molecule has 0 spiro atoms. The molecule has 2 aromatic rings. The Bertz CT molecular complexity index is 993. The van der Waals surface area contributed by atoms with Gasteiger partial charge in [0.1, 0.15) is 0 Å². The topological polar surface area (TPSA) is 86.6 Å². The molecule has 1 aromatic heterocycles. The molecular formula is C21H19NO4S. The van der Waals surface area contributed by atoms with Crippen molar-refractivity contribution < 1.29 is 19.8 Å². The van der Waals surface area contributed by atoms with Gasteiger partial charge in [-0.3, -0.25) is 0 Å². The third kappa shape index (κ3) is 2.67. The van der Waals surface area contributed by atoms with E-state index in [1.807, 2.05) is 29.6 Å². The summed E-state index contributed by atoms with van der Waals surface area (Å²) in [5, 5.41) is 26.3. The monoisotopic (exact) mass is 381 g/mol. The van der Waals surface area contributed by atoms with Crippen molar-refractivity contribution in [3.63, 3.8) is 0 Å². The Balaban J connectivity index is 1.79. The Morgan fingerprint density at radius 1 is 0.926 bits per heavy atom. The smallest absolute Gasteiger partial charge is 0.334 e. The number of dihydropyridines is 1. The summed E-state index contributed by atoms with van der Waals surface area (Å²) in [7, 11) is 0. The third-order valence-electron chi connectivity index (χ3n) is 5.68. The number of benzene rings is 1. The second-order valence-electron chi connectivity index (χ2n) is 7.56. The first-order valence-corrected chi connectivity index (χ1v) is 10.1. The Kier molecular flexibility index (Phi) is 3.65. The van der Waals surface area contributed by atoms with E-state index in [-0.39, 0.29) is 23.0 Å². The maximum Gasteiger partial charge on any atom is 0.334 e. The standard InChI is InChI=1S/C21H19NO4S/c23-20(24)16-15(13-9-27-14-4-2-1-3-12(13)14)17(21(25)26)19(11-7-8-11)22-18(16)10-5-6-10/h1-4,9-11,15,22H,5-8H2,(H,23,24)(H,25,26). The quantitative estimate of drug-likeness (QED) is 0.726. The zero-order chi connectivity index (χ0) is 18.7. The van der Waals surface area contributed by atoms with Gasteiger partial charge in [-0.1, -0.05) is 18.2 Å². The zero-order valence-electron chi connectivity index (χ0n) is 14.6. The van der Waals surface area contributed by atoms with Crippen molar-refractivity contribution in [2.45, 2.75) is 31.6 Å². The fraction of sp³-hybridized carbons (Fsp3) is 0.333. The molecule has 3 aliphatic rings. The highest BCUT2D eigenvalue weighted by atomic mass is 32.1. The van der Waals surface area contributed by atoms with Crippen molar-refractivity contribution in [2.75, 3.05) is 0 Å². The van der Waals surface area contributed by atoms with Crippen molar-refractivity contribution in [3.8, 4) is 0 Å². The number of rotatable bonds is 5. The average Bonchev–Trinajstić information content (AvgIpc) is 3.56. The van der Waals surface area contributed by atoms with E-state index >= 15 is 0 Å². The fourth-order valence-corrected chi connectivity index (χ4v) is 5.12. The van der Waals surface area contributed by atoms with Crippen LogP contribution >= 0.6 is 11.3 Å². The van der Waals surface area contributed by atoms with Crippen LogP contribution in [0.25, 0.3) is 10.1 Å². The van der Waals surface area contributed by atoms with Gasteiger partial charge in [-0.15, -0.1) is 11.3 Å². The minimum atomic E-state index is -1.03. The summed E-state index contributed by atoms with van der Waals surface area (Å²) >= 11 is 1.53. The molecule has 0 saturated heterocycles. The molecule has 5 rings (SSSR count).